The molecule has 0 N–H and O–H groups in total. The van der Waals surface area contributed by atoms with Gasteiger partial charge in [-0.25, -0.2) is 0 Å². The summed E-state index contributed by atoms with van der Waals surface area (Å²) in [5, 5.41) is 0. The molecule has 0 saturated heterocycles. The van der Waals surface area contributed by atoms with Crippen molar-refractivity contribution in [2.45, 2.75) is 13.8 Å². The number of para-hydroxylation sites is 1. The fourth-order valence-electron chi connectivity index (χ4n) is 1.28. The fourth-order valence-corrected chi connectivity index (χ4v) is 1.28. The van der Waals surface area contributed by atoms with E-state index in [-0.39, 0.29) is 0 Å². The van der Waals surface area contributed by atoms with Crippen LogP contribution in [0.25, 0.3) is 0 Å². The Balaban J connectivity index is 0.000000289. The summed E-state index contributed by atoms with van der Waals surface area (Å²) in [5.74, 6) is 0. The van der Waals surface area contributed by atoms with E-state index < -0.39 is 0 Å². The maximum atomic E-state index is 4.25. The monoisotopic (exact) mass is 257 g/mol. The lowest BCUT2D eigenvalue weighted by Gasteiger charge is -1.94. The molecule has 0 aliphatic heterocycles. The molecule has 0 aromatic heterocycles. The Morgan fingerprint density at radius 2 is 1.32 bits per heavy atom. The van der Waals surface area contributed by atoms with Gasteiger partial charge in [-0.2, -0.15) is 0 Å². The van der Waals surface area contributed by atoms with E-state index in [1.807, 2.05) is 49.4 Å². The van der Waals surface area contributed by atoms with Gasteiger partial charge in [0.05, 0.1) is 5.69 Å². The molecule has 0 unspecified atom stereocenters. The Morgan fingerprint density at radius 1 is 0.842 bits per heavy atom. The molecule has 2 heteroatoms. The minimum atomic E-state index is 0.970. The average molecular weight is 257 g/mol. The van der Waals surface area contributed by atoms with Crippen LogP contribution in [-0.4, -0.2) is 20.9 Å². The normalized spacial score (nSPS) is 8.42. The van der Waals surface area contributed by atoms with Gasteiger partial charge in [-0.05, 0) is 32.2 Å². The molecule has 0 radical (unpaired) electrons. The van der Waals surface area contributed by atoms with Crippen molar-refractivity contribution in [3.63, 3.8) is 0 Å². The van der Waals surface area contributed by atoms with Crippen molar-refractivity contribution in [2.75, 3.05) is 14.2 Å². The van der Waals surface area contributed by atoms with Crippen molar-refractivity contribution in [2.24, 2.45) is 4.99 Å². The molecule has 2 aromatic rings. The molecule has 19 heavy (non-hydrogen) atoms. The Bertz CT molecular complexity index is 452. The smallest absolute Gasteiger partial charge is 0.0651 e. The van der Waals surface area contributed by atoms with Crippen LogP contribution in [0.4, 0.5) is 5.69 Å². The van der Waals surface area contributed by atoms with Gasteiger partial charge in [0, 0.05) is 14.2 Å². The highest BCUT2D eigenvalue weighted by Gasteiger charge is 1.88. The Hall–Kier alpha value is -1.93. The van der Waals surface area contributed by atoms with Crippen LogP contribution in [0.3, 0.4) is 0 Å². The zero-order valence-electron chi connectivity index (χ0n) is 12.3. The van der Waals surface area contributed by atoms with Crippen molar-refractivity contribution in [1.29, 1.82) is 0 Å². The van der Waals surface area contributed by atoms with Gasteiger partial charge in [-0.1, -0.05) is 54.1 Å². The van der Waals surface area contributed by atoms with Crippen LogP contribution in [0.5, 0.6) is 0 Å². The highest BCUT2D eigenvalue weighted by atomic mass is 16.4. The predicted octanol–water partition coefficient (Wildman–Crippen LogP) is 4.58. The third-order valence-electron chi connectivity index (χ3n) is 2.23. The quantitative estimate of drug-likeness (QED) is 0.685. The van der Waals surface area contributed by atoms with Crippen LogP contribution in [0.1, 0.15) is 11.1 Å². The van der Waals surface area contributed by atoms with Crippen molar-refractivity contribution in [3.8, 4) is 0 Å². The van der Waals surface area contributed by atoms with Crippen LogP contribution >= 0.6 is 0 Å². The minimum absolute atomic E-state index is 0.970. The Labute approximate surface area is 116 Å². The summed E-state index contributed by atoms with van der Waals surface area (Å²) in [6.45, 7) is 7.54. The fraction of sp³-hybridized carbons (Fsp3) is 0.235. The standard InChI is InChI=1S/C8H9N.C7H8.C2H6O/c1-7-5-3-4-6-8(7)9-2;1-7-5-3-2-4-6-7;1-3-2/h3-6H,2H2,1H3;2-6H,1H3;1-2H3. The molecule has 2 rings (SSSR count). The Morgan fingerprint density at radius 3 is 1.63 bits per heavy atom. The second-order valence-electron chi connectivity index (χ2n) is 4.01. The molecule has 2 nitrogen and oxygen atoms in total. The van der Waals surface area contributed by atoms with Crippen LogP contribution in [0, 0.1) is 13.8 Å². The first-order valence-corrected chi connectivity index (χ1v) is 6.09. The molecule has 0 aliphatic carbocycles. The largest absolute Gasteiger partial charge is 0.388 e. The zero-order chi connectivity index (χ0) is 14.5. The molecular formula is C17H23NO. The number of methoxy groups -OCH3 is 1. The van der Waals surface area contributed by atoms with Gasteiger partial charge >= 0.3 is 0 Å². The first kappa shape index (κ1) is 17.1. The summed E-state index contributed by atoms with van der Waals surface area (Å²) >= 11 is 0. The van der Waals surface area contributed by atoms with Crippen molar-refractivity contribution < 1.29 is 4.74 Å². The first-order chi connectivity index (χ1) is 9.15. The van der Waals surface area contributed by atoms with Gasteiger partial charge in [-0.15, -0.1) is 0 Å². The number of ether oxygens (including phenoxy) is 1. The van der Waals surface area contributed by atoms with E-state index in [1.54, 1.807) is 14.2 Å². The molecule has 0 aliphatic rings. The number of hydrogen-bond donors (Lipinski definition) is 0. The molecule has 102 valence electrons. The van der Waals surface area contributed by atoms with Crippen LogP contribution in [-0.2, 0) is 4.74 Å². The summed E-state index contributed by atoms with van der Waals surface area (Å²) in [6.07, 6.45) is 0. The van der Waals surface area contributed by atoms with E-state index in [1.165, 1.54) is 11.1 Å². The second kappa shape index (κ2) is 11.2. The summed E-state index contributed by atoms with van der Waals surface area (Å²) < 4.78 is 4.25. The first-order valence-electron chi connectivity index (χ1n) is 6.09. The number of aryl methyl sites for hydroxylation is 2. The maximum Gasteiger partial charge on any atom is 0.0651 e. The summed E-state index contributed by atoms with van der Waals surface area (Å²) in [7, 11) is 3.25. The van der Waals surface area contributed by atoms with Gasteiger partial charge in [0.25, 0.3) is 0 Å². The van der Waals surface area contributed by atoms with E-state index in [4.69, 9.17) is 0 Å². The molecule has 0 amide bonds. The highest BCUT2D eigenvalue weighted by Crippen LogP contribution is 2.15. The third-order valence-corrected chi connectivity index (χ3v) is 2.23. The Kier molecular flexibility index (Phi) is 10.0. The molecule has 0 heterocycles. The number of benzene rings is 2. The van der Waals surface area contributed by atoms with Gasteiger partial charge in [-0.3, -0.25) is 4.99 Å². The molecule has 2 aromatic carbocycles. The molecule has 0 saturated carbocycles. The van der Waals surface area contributed by atoms with Gasteiger partial charge in [0.15, 0.2) is 0 Å². The molecule has 0 spiro atoms. The van der Waals surface area contributed by atoms with Crippen LogP contribution in [0.2, 0.25) is 0 Å². The second-order valence-corrected chi connectivity index (χ2v) is 4.01. The lowest BCUT2D eigenvalue weighted by molar-refractivity contribution is 0.277. The number of hydrogen-bond acceptors (Lipinski definition) is 2. The number of aliphatic imine (C=N–C) groups is 1. The highest BCUT2D eigenvalue weighted by molar-refractivity contribution is 5.50. The molecule has 0 bridgehead atoms. The molecule has 0 atom stereocenters. The lowest BCUT2D eigenvalue weighted by atomic mass is 10.2. The summed E-state index contributed by atoms with van der Waals surface area (Å²) in [4.78, 5) is 3.82. The lowest BCUT2D eigenvalue weighted by Crippen LogP contribution is -1.69. The van der Waals surface area contributed by atoms with Crippen molar-refractivity contribution in [3.05, 3.63) is 65.7 Å². The van der Waals surface area contributed by atoms with Gasteiger partial charge in [0.2, 0.25) is 0 Å². The van der Waals surface area contributed by atoms with E-state index in [0.29, 0.717) is 0 Å². The minimum Gasteiger partial charge on any atom is -0.388 e. The number of nitrogens with zero attached hydrogens (tertiary/aromatic N) is 1. The molecule has 0 fully saturated rings. The van der Waals surface area contributed by atoms with E-state index >= 15 is 0 Å². The average Bonchev–Trinajstić information content (AvgIpc) is 2.42. The topological polar surface area (TPSA) is 21.6 Å². The summed E-state index contributed by atoms with van der Waals surface area (Å²) in [6, 6.07) is 18.2. The van der Waals surface area contributed by atoms with E-state index in [2.05, 4.69) is 35.5 Å². The van der Waals surface area contributed by atoms with Crippen molar-refractivity contribution >= 4 is 12.4 Å². The van der Waals surface area contributed by atoms with Crippen LogP contribution < -0.4 is 0 Å². The SMILES string of the molecule is C=Nc1ccccc1C.COC.Cc1ccccc1. The van der Waals surface area contributed by atoms with Crippen molar-refractivity contribution in [1.82, 2.24) is 0 Å². The van der Waals surface area contributed by atoms with Gasteiger partial charge in [0.1, 0.15) is 0 Å². The summed E-state index contributed by atoms with van der Waals surface area (Å²) in [5.41, 5.74) is 3.47. The third kappa shape index (κ3) is 8.75. The van der Waals surface area contributed by atoms with Crippen LogP contribution in [0.15, 0.2) is 59.6 Å². The maximum absolute atomic E-state index is 4.25. The van der Waals surface area contributed by atoms with E-state index in [0.717, 1.165) is 5.69 Å². The molecular weight excluding hydrogens is 234 g/mol. The zero-order valence-corrected chi connectivity index (χ0v) is 12.3. The van der Waals surface area contributed by atoms with Gasteiger partial charge < -0.3 is 4.74 Å². The predicted molar refractivity (Wildman–Crippen MR) is 84.5 cm³/mol. The number of rotatable bonds is 1. The van der Waals surface area contributed by atoms with E-state index in [9.17, 15) is 0 Å².